The van der Waals surface area contributed by atoms with Crippen LogP contribution in [0.3, 0.4) is 0 Å². The molecule has 5 nitrogen and oxygen atoms in total. The number of piperidine rings is 1. The second-order valence-electron chi connectivity index (χ2n) is 5.61. The van der Waals surface area contributed by atoms with Crippen LogP contribution in [0.25, 0.3) is 5.69 Å². The van der Waals surface area contributed by atoms with Gasteiger partial charge in [0.2, 0.25) is 0 Å². The summed E-state index contributed by atoms with van der Waals surface area (Å²) in [4.78, 5) is 12.4. The smallest absolute Gasteiger partial charge is 0.254 e. The second kappa shape index (κ2) is 6.62. The van der Waals surface area contributed by atoms with E-state index in [1.54, 1.807) is 17.1 Å². The maximum Gasteiger partial charge on any atom is 0.254 e. The fourth-order valence-corrected chi connectivity index (χ4v) is 2.93. The van der Waals surface area contributed by atoms with Crippen LogP contribution in [-0.2, 0) is 0 Å². The van der Waals surface area contributed by atoms with Crippen LogP contribution in [0.5, 0.6) is 0 Å². The molecule has 1 aliphatic rings. The third-order valence-corrected chi connectivity index (χ3v) is 4.54. The van der Waals surface area contributed by atoms with Crippen molar-refractivity contribution in [3.63, 3.8) is 0 Å². The number of halogens is 1. The lowest BCUT2D eigenvalue weighted by atomic mass is 10.00. The van der Waals surface area contributed by atoms with Gasteiger partial charge in [-0.05, 0) is 50.6 Å². The zero-order valence-electron chi connectivity index (χ0n) is 12.4. The highest BCUT2D eigenvalue weighted by Gasteiger charge is 2.23. The van der Waals surface area contributed by atoms with Gasteiger partial charge in [0.15, 0.2) is 0 Å². The van der Waals surface area contributed by atoms with E-state index in [4.69, 9.17) is 0 Å². The van der Waals surface area contributed by atoms with Crippen LogP contribution in [0.4, 0.5) is 0 Å². The molecule has 0 saturated carbocycles. The Balaban J connectivity index is 1.70. The third kappa shape index (κ3) is 3.39. The average Bonchev–Trinajstić information content (AvgIpc) is 3.00. The molecule has 1 saturated heterocycles. The van der Waals surface area contributed by atoms with Crippen LogP contribution in [0, 0.1) is 0 Å². The van der Waals surface area contributed by atoms with E-state index in [9.17, 15) is 4.79 Å². The van der Waals surface area contributed by atoms with Crippen LogP contribution in [0.1, 0.15) is 30.1 Å². The average molecular weight is 363 g/mol. The minimum atomic E-state index is -0.0658. The first-order valence-electron chi connectivity index (χ1n) is 7.48. The molecule has 1 amide bonds. The Morgan fingerprint density at radius 3 is 2.91 bits per heavy atom. The lowest BCUT2D eigenvalue weighted by Crippen LogP contribution is -2.51. The van der Waals surface area contributed by atoms with Crippen LogP contribution >= 0.6 is 15.9 Å². The Morgan fingerprint density at radius 1 is 1.41 bits per heavy atom. The molecule has 1 aliphatic heterocycles. The predicted molar refractivity (Wildman–Crippen MR) is 89.2 cm³/mol. The van der Waals surface area contributed by atoms with Crippen molar-refractivity contribution in [2.24, 2.45) is 0 Å². The molecule has 2 N–H and O–H groups in total. The van der Waals surface area contributed by atoms with Crippen molar-refractivity contribution in [1.29, 1.82) is 0 Å². The van der Waals surface area contributed by atoms with Crippen molar-refractivity contribution in [1.82, 2.24) is 20.4 Å². The molecule has 0 radical (unpaired) electrons. The number of nitrogens with zero attached hydrogens (tertiary/aromatic N) is 2. The largest absolute Gasteiger partial charge is 0.348 e. The lowest BCUT2D eigenvalue weighted by Gasteiger charge is -2.30. The maximum atomic E-state index is 12.4. The number of carbonyl (C=O) groups is 1. The van der Waals surface area contributed by atoms with Gasteiger partial charge in [-0.2, -0.15) is 5.10 Å². The number of nitrogens with one attached hydrogen (secondary N) is 2. The van der Waals surface area contributed by atoms with E-state index in [-0.39, 0.29) is 11.9 Å². The molecule has 2 aromatic rings. The number of aromatic nitrogens is 2. The van der Waals surface area contributed by atoms with E-state index in [2.05, 4.69) is 38.6 Å². The Labute approximate surface area is 138 Å². The Bertz CT molecular complexity index is 652. The molecule has 2 unspecified atom stereocenters. The summed E-state index contributed by atoms with van der Waals surface area (Å²) < 4.78 is 2.73. The first-order valence-corrected chi connectivity index (χ1v) is 8.27. The summed E-state index contributed by atoms with van der Waals surface area (Å²) in [5.74, 6) is -0.0658. The molecule has 1 aromatic carbocycles. The summed E-state index contributed by atoms with van der Waals surface area (Å²) in [6.45, 7) is 3.13. The van der Waals surface area contributed by atoms with Gasteiger partial charge in [0.05, 0.1) is 17.4 Å². The van der Waals surface area contributed by atoms with E-state index in [1.165, 1.54) is 0 Å². The lowest BCUT2D eigenvalue weighted by molar-refractivity contribution is 0.0920. The van der Waals surface area contributed by atoms with Crippen LogP contribution < -0.4 is 10.6 Å². The minimum Gasteiger partial charge on any atom is -0.348 e. The standard InChI is InChI=1S/C16H19BrN4O/c1-11-15(3-2-8-18-11)20-16(22)12-9-19-21(10-12)14-6-4-13(17)5-7-14/h4-7,9-11,15,18H,2-3,8H2,1H3,(H,20,22). The normalized spacial score (nSPS) is 21.5. The molecule has 6 heteroatoms. The van der Waals surface area contributed by atoms with Gasteiger partial charge in [0, 0.05) is 22.8 Å². The SMILES string of the molecule is CC1NCCCC1NC(=O)c1cnn(-c2ccc(Br)cc2)c1. The molecular weight excluding hydrogens is 344 g/mol. The molecule has 116 valence electrons. The first kappa shape index (κ1) is 15.2. The highest BCUT2D eigenvalue weighted by molar-refractivity contribution is 9.10. The zero-order chi connectivity index (χ0) is 15.5. The molecule has 0 spiro atoms. The van der Waals surface area contributed by atoms with Gasteiger partial charge < -0.3 is 10.6 Å². The molecule has 0 bridgehead atoms. The number of hydrogen-bond donors (Lipinski definition) is 2. The van der Waals surface area contributed by atoms with Crippen molar-refractivity contribution in [3.8, 4) is 5.69 Å². The van der Waals surface area contributed by atoms with Gasteiger partial charge in [-0.3, -0.25) is 4.79 Å². The predicted octanol–water partition coefficient (Wildman–Crippen LogP) is 2.51. The van der Waals surface area contributed by atoms with Crippen molar-refractivity contribution in [3.05, 3.63) is 46.7 Å². The van der Waals surface area contributed by atoms with E-state index in [0.29, 0.717) is 11.6 Å². The van der Waals surface area contributed by atoms with Gasteiger partial charge in [-0.1, -0.05) is 15.9 Å². The van der Waals surface area contributed by atoms with Gasteiger partial charge in [0.25, 0.3) is 5.91 Å². The summed E-state index contributed by atoms with van der Waals surface area (Å²) >= 11 is 3.41. The van der Waals surface area contributed by atoms with Gasteiger partial charge in [-0.25, -0.2) is 4.68 Å². The van der Waals surface area contributed by atoms with Gasteiger partial charge in [0.1, 0.15) is 0 Å². The highest BCUT2D eigenvalue weighted by Crippen LogP contribution is 2.14. The van der Waals surface area contributed by atoms with E-state index < -0.39 is 0 Å². The van der Waals surface area contributed by atoms with Crippen molar-refractivity contribution in [2.45, 2.75) is 31.8 Å². The molecular formula is C16H19BrN4O. The summed E-state index contributed by atoms with van der Waals surface area (Å²) in [7, 11) is 0. The minimum absolute atomic E-state index is 0.0658. The molecule has 2 atom stereocenters. The first-order chi connectivity index (χ1) is 10.6. The number of hydrogen-bond acceptors (Lipinski definition) is 3. The van der Waals surface area contributed by atoms with Crippen molar-refractivity contribution in [2.75, 3.05) is 6.54 Å². The quantitative estimate of drug-likeness (QED) is 0.881. The van der Waals surface area contributed by atoms with Crippen molar-refractivity contribution >= 4 is 21.8 Å². The number of amides is 1. The van der Waals surface area contributed by atoms with E-state index >= 15 is 0 Å². The number of rotatable bonds is 3. The monoisotopic (exact) mass is 362 g/mol. The second-order valence-corrected chi connectivity index (χ2v) is 6.53. The Hall–Kier alpha value is -1.66. The molecule has 2 heterocycles. The summed E-state index contributed by atoms with van der Waals surface area (Å²) in [5.41, 5.74) is 1.51. The summed E-state index contributed by atoms with van der Waals surface area (Å²) in [6, 6.07) is 8.28. The molecule has 22 heavy (non-hydrogen) atoms. The van der Waals surface area contributed by atoms with E-state index in [0.717, 1.165) is 29.5 Å². The molecule has 3 rings (SSSR count). The summed E-state index contributed by atoms with van der Waals surface area (Å²) in [6.07, 6.45) is 5.48. The van der Waals surface area contributed by atoms with Crippen LogP contribution in [-0.4, -0.2) is 34.3 Å². The summed E-state index contributed by atoms with van der Waals surface area (Å²) in [5, 5.41) is 10.8. The highest BCUT2D eigenvalue weighted by atomic mass is 79.9. The van der Waals surface area contributed by atoms with Crippen LogP contribution in [0.15, 0.2) is 41.1 Å². The Morgan fingerprint density at radius 2 is 2.18 bits per heavy atom. The topological polar surface area (TPSA) is 58.9 Å². The maximum absolute atomic E-state index is 12.4. The molecule has 1 fully saturated rings. The fraction of sp³-hybridized carbons (Fsp3) is 0.375. The van der Waals surface area contributed by atoms with E-state index in [1.807, 2.05) is 24.3 Å². The molecule has 0 aliphatic carbocycles. The van der Waals surface area contributed by atoms with Crippen molar-refractivity contribution < 1.29 is 4.79 Å². The third-order valence-electron chi connectivity index (χ3n) is 4.01. The number of carbonyl (C=O) groups excluding carboxylic acids is 1. The Kier molecular flexibility index (Phi) is 4.59. The number of benzene rings is 1. The van der Waals surface area contributed by atoms with Crippen LogP contribution in [0.2, 0.25) is 0 Å². The van der Waals surface area contributed by atoms with Gasteiger partial charge >= 0.3 is 0 Å². The zero-order valence-corrected chi connectivity index (χ0v) is 14.0. The van der Waals surface area contributed by atoms with Gasteiger partial charge in [-0.15, -0.1) is 0 Å². The fourth-order valence-electron chi connectivity index (χ4n) is 2.67. The molecule has 1 aromatic heterocycles.